The normalized spacial score (nSPS) is 21.6. The topological polar surface area (TPSA) is 93.5 Å². The van der Waals surface area contributed by atoms with Gasteiger partial charge >= 0.3 is 0 Å². The van der Waals surface area contributed by atoms with Gasteiger partial charge in [-0.05, 0) is 25.0 Å². The number of carbonyl (C=O) groups is 1. The van der Waals surface area contributed by atoms with Gasteiger partial charge in [0.15, 0.2) is 0 Å². The Morgan fingerprint density at radius 3 is 2.36 bits per heavy atom. The molecule has 0 spiro atoms. The van der Waals surface area contributed by atoms with Gasteiger partial charge < -0.3 is 5.32 Å². The van der Waals surface area contributed by atoms with Gasteiger partial charge in [-0.25, -0.2) is 8.42 Å². The van der Waals surface area contributed by atoms with E-state index in [1.807, 2.05) is 4.90 Å². The number of amides is 1. The fourth-order valence-corrected chi connectivity index (χ4v) is 6.86. The minimum atomic E-state index is -3.54. The van der Waals surface area contributed by atoms with Gasteiger partial charge in [0, 0.05) is 26.2 Å². The van der Waals surface area contributed by atoms with Gasteiger partial charge in [0.25, 0.3) is 10.0 Å². The molecule has 154 valence electrons. The molecule has 10 heteroatoms. The summed E-state index contributed by atoms with van der Waals surface area (Å²) < 4.78 is 27.4. The van der Waals surface area contributed by atoms with Crippen molar-refractivity contribution in [2.75, 3.05) is 32.7 Å². The molecule has 0 unspecified atom stereocenters. The van der Waals surface area contributed by atoms with E-state index in [1.54, 1.807) is 6.07 Å². The molecular formula is C18H25ClN4O3S2. The van der Waals surface area contributed by atoms with Crippen molar-refractivity contribution in [2.24, 2.45) is 0 Å². The molecule has 3 rings (SSSR count). The van der Waals surface area contributed by atoms with Crippen molar-refractivity contribution in [2.45, 2.75) is 48.3 Å². The number of rotatable bonds is 5. The standard InChI is InChI=1S/C18H25ClN4O3S2/c19-15-5-6-17(27-15)28(25,26)23-11-9-22(10-12-23)13-16(24)21-18(14-20)7-3-1-2-4-8-18/h5-6H,1-4,7-13H2,(H,21,24). The third-order valence-electron chi connectivity index (χ3n) is 5.39. The van der Waals surface area contributed by atoms with Crippen LogP contribution in [-0.2, 0) is 14.8 Å². The predicted octanol–water partition coefficient (Wildman–Crippen LogP) is 2.44. The number of halogens is 1. The Labute approximate surface area is 175 Å². The molecule has 0 radical (unpaired) electrons. The monoisotopic (exact) mass is 444 g/mol. The molecule has 2 fully saturated rings. The molecular weight excluding hydrogens is 420 g/mol. The van der Waals surface area contributed by atoms with Crippen molar-refractivity contribution in [1.29, 1.82) is 5.26 Å². The van der Waals surface area contributed by atoms with Crippen molar-refractivity contribution in [3.8, 4) is 6.07 Å². The zero-order valence-corrected chi connectivity index (χ0v) is 18.1. The van der Waals surface area contributed by atoms with Gasteiger partial charge in [0.05, 0.1) is 17.0 Å². The Kier molecular flexibility index (Phi) is 6.99. The second-order valence-electron chi connectivity index (χ2n) is 7.40. The van der Waals surface area contributed by atoms with Gasteiger partial charge in [-0.15, -0.1) is 11.3 Å². The average Bonchev–Trinajstić information content (AvgIpc) is 2.98. The molecule has 1 aliphatic carbocycles. The van der Waals surface area contributed by atoms with Crippen LogP contribution in [0.25, 0.3) is 0 Å². The van der Waals surface area contributed by atoms with Crippen molar-refractivity contribution >= 4 is 38.9 Å². The number of nitrogens with one attached hydrogen (secondary N) is 1. The van der Waals surface area contributed by atoms with E-state index in [1.165, 1.54) is 10.4 Å². The number of nitriles is 1. The van der Waals surface area contributed by atoms with E-state index >= 15 is 0 Å². The third-order valence-corrected chi connectivity index (χ3v) is 8.99. The average molecular weight is 445 g/mol. The summed E-state index contributed by atoms with van der Waals surface area (Å²) >= 11 is 6.91. The van der Waals surface area contributed by atoms with Gasteiger partial charge in [-0.2, -0.15) is 9.57 Å². The molecule has 0 aromatic carbocycles. The molecule has 2 aliphatic rings. The molecule has 1 aromatic rings. The first-order valence-corrected chi connectivity index (χ1v) is 12.2. The fourth-order valence-electron chi connectivity index (χ4n) is 3.80. The summed E-state index contributed by atoms with van der Waals surface area (Å²) in [5.74, 6) is -0.162. The van der Waals surface area contributed by atoms with Crippen molar-refractivity contribution in [1.82, 2.24) is 14.5 Å². The largest absolute Gasteiger partial charge is 0.337 e. The maximum Gasteiger partial charge on any atom is 0.252 e. The van der Waals surface area contributed by atoms with Crippen LogP contribution in [0, 0.1) is 11.3 Å². The van der Waals surface area contributed by atoms with Crippen molar-refractivity contribution in [3.63, 3.8) is 0 Å². The van der Waals surface area contributed by atoms with E-state index in [0.29, 0.717) is 43.4 Å². The Morgan fingerprint density at radius 1 is 1.18 bits per heavy atom. The van der Waals surface area contributed by atoms with Gasteiger partial charge in [-0.3, -0.25) is 9.69 Å². The van der Waals surface area contributed by atoms with Crippen LogP contribution < -0.4 is 5.32 Å². The minimum absolute atomic E-state index is 0.162. The van der Waals surface area contributed by atoms with Gasteiger partial charge in [0.1, 0.15) is 9.75 Å². The van der Waals surface area contributed by atoms with Crippen LogP contribution in [0.4, 0.5) is 0 Å². The first-order chi connectivity index (χ1) is 13.3. The zero-order valence-electron chi connectivity index (χ0n) is 15.7. The predicted molar refractivity (Wildman–Crippen MR) is 109 cm³/mol. The van der Waals surface area contributed by atoms with E-state index in [9.17, 15) is 18.5 Å². The smallest absolute Gasteiger partial charge is 0.252 e. The number of carbonyl (C=O) groups excluding carboxylic acids is 1. The number of piperazine rings is 1. The zero-order chi connectivity index (χ0) is 20.2. The van der Waals surface area contributed by atoms with E-state index in [-0.39, 0.29) is 16.7 Å². The SMILES string of the molecule is N#CC1(NC(=O)CN2CCN(S(=O)(=O)c3ccc(Cl)s3)CC2)CCCCCC1. The Morgan fingerprint density at radius 2 is 1.82 bits per heavy atom. The maximum absolute atomic E-state index is 12.6. The molecule has 1 saturated carbocycles. The Balaban J connectivity index is 1.52. The van der Waals surface area contributed by atoms with Gasteiger partial charge in [-0.1, -0.05) is 37.3 Å². The molecule has 7 nitrogen and oxygen atoms in total. The number of nitrogens with zero attached hydrogens (tertiary/aromatic N) is 3. The van der Waals surface area contributed by atoms with Crippen molar-refractivity contribution < 1.29 is 13.2 Å². The first kappa shape index (κ1) is 21.5. The molecule has 1 amide bonds. The Hall–Kier alpha value is -1.18. The molecule has 1 N–H and O–H groups in total. The number of sulfonamides is 1. The van der Waals surface area contributed by atoms with Crippen LogP contribution in [-0.4, -0.2) is 61.8 Å². The van der Waals surface area contributed by atoms with Crippen LogP contribution >= 0.6 is 22.9 Å². The summed E-state index contributed by atoms with van der Waals surface area (Å²) in [6, 6.07) is 5.43. The van der Waals surface area contributed by atoms with E-state index in [0.717, 1.165) is 37.0 Å². The highest BCUT2D eigenvalue weighted by Crippen LogP contribution is 2.29. The second-order valence-corrected chi connectivity index (χ2v) is 11.3. The van der Waals surface area contributed by atoms with E-state index in [4.69, 9.17) is 11.6 Å². The van der Waals surface area contributed by atoms with Crippen LogP contribution in [0.15, 0.2) is 16.3 Å². The summed E-state index contributed by atoms with van der Waals surface area (Å²) in [6.45, 7) is 1.79. The molecule has 2 heterocycles. The first-order valence-electron chi connectivity index (χ1n) is 9.55. The summed E-state index contributed by atoms with van der Waals surface area (Å²) in [7, 11) is -3.54. The number of hydrogen-bond acceptors (Lipinski definition) is 6. The van der Waals surface area contributed by atoms with Crippen LogP contribution in [0.5, 0.6) is 0 Å². The van der Waals surface area contributed by atoms with Crippen LogP contribution in [0.1, 0.15) is 38.5 Å². The highest BCUT2D eigenvalue weighted by molar-refractivity contribution is 7.91. The lowest BCUT2D eigenvalue weighted by molar-refractivity contribution is -0.124. The molecule has 1 aromatic heterocycles. The molecule has 28 heavy (non-hydrogen) atoms. The second kappa shape index (κ2) is 9.09. The lowest BCUT2D eigenvalue weighted by Crippen LogP contribution is -2.54. The summed E-state index contributed by atoms with van der Waals surface area (Å²) in [6.07, 6.45) is 5.51. The lowest BCUT2D eigenvalue weighted by Gasteiger charge is -2.34. The molecule has 1 aliphatic heterocycles. The Bertz CT molecular complexity index is 833. The quantitative estimate of drug-likeness (QED) is 0.704. The highest BCUT2D eigenvalue weighted by Gasteiger charge is 2.34. The molecule has 0 atom stereocenters. The van der Waals surface area contributed by atoms with E-state index in [2.05, 4.69) is 11.4 Å². The highest BCUT2D eigenvalue weighted by atomic mass is 35.5. The summed E-state index contributed by atoms with van der Waals surface area (Å²) in [5, 5.41) is 12.5. The number of hydrogen-bond donors (Lipinski definition) is 1. The van der Waals surface area contributed by atoms with Crippen molar-refractivity contribution in [3.05, 3.63) is 16.5 Å². The molecule has 1 saturated heterocycles. The lowest BCUT2D eigenvalue weighted by atomic mass is 9.92. The van der Waals surface area contributed by atoms with Crippen LogP contribution in [0.2, 0.25) is 4.34 Å². The summed E-state index contributed by atoms with van der Waals surface area (Å²) in [5.41, 5.74) is -0.753. The summed E-state index contributed by atoms with van der Waals surface area (Å²) in [4.78, 5) is 14.4. The van der Waals surface area contributed by atoms with Crippen LogP contribution in [0.3, 0.4) is 0 Å². The minimum Gasteiger partial charge on any atom is -0.337 e. The van der Waals surface area contributed by atoms with Gasteiger partial charge in [0.2, 0.25) is 5.91 Å². The molecule has 0 bridgehead atoms. The maximum atomic E-state index is 12.6. The van der Waals surface area contributed by atoms with E-state index < -0.39 is 15.6 Å². The fraction of sp³-hybridized carbons (Fsp3) is 0.667. The number of thiophene rings is 1. The third kappa shape index (κ3) is 5.05.